The average Bonchev–Trinajstić information content (AvgIpc) is 2.67. The molecule has 14 heavy (non-hydrogen) atoms. The SMILES string of the molecule is ClCC1CCN(c2ncncc2Cl)C1. The first kappa shape index (κ1) is 9.99. The van der Waals surface area contributed by atoms with E-state index < -0.39 is 0 Å². The standard InChI is InChI=1S/C9H11Cl2N3/c10-3-7-1-2-14(5-7)9-8(11)4-12-6-13-9/h4,6-7H,1-3,5H2. The Labute approximate surface area is 93.1 Å². The fourth-order valence-electron chi connectivity index (χ4n) is 1.69. The van der Waals surface area contributed by atoms with Crippen LogP contribution in [0.5, 0.6) is 0 Å². The first-order chi connectivity index (χ1) is 6.81. The van der Waals surface area contributed by atoms with Gasteiger partial charge in [0.05, 0.1) is 6.20 Å². The molecule has 1 saturated heterocycles. The Hall–Kier alpha value is -0.540. The van der Waals surface area contributed by atoms with Crippen molar-refractivity contribution < 1.29 is 0 Å². The van der Waals surface area contributed by atoms with Crippen molar-refractivity contribution in [2.24, 2.45) is 5.92 Å². The molecule has 1 aromatic heterocycles. The summed E-state index contributed by atoms with van der Waals surface area (Å²) in [6, 6.07) is 0. The van der Waals surface area contributed by atoms with Crippen LogP contribution in [0.4, 0.5) is 5.82 Å². The molecule has 1 aliphatic heterocycles. The third-order valence-electron chi connectivity index (χ3n) is 2.45. The summed E-state index contributed by atoms with van der Waals surface area (Å²) in [5, 5.41) is 0.614. The van der Waals surface area contributed by atoms with Gasteiger partial charge in [-0.3, -0.25) is 0 Å². The molecule has 2 heterocycles. The van der Waals surface area contributed by atoms with Gasteiger partial charge in [0.1, 0.15) is 11.3 Å². The van der Waals surface area contributed by atoms with Gasteiger partial charge >= 0.3 is 0 Å². The molecule has 1 fully saturated rings. The van der Waals surface area contributed by atoms with Crippen molar-refractivity contribution in [2.75, 3.05) is 23.9 Å². The second kappa shape index (κ2) is 4.32. The highest BCUT2D eigenvalue weighted by Gasteiger charge is 2.23. The van der Waals surface area contributed by atoms with Crippen LogP contribution in [0.15, 0.2) is 12.5 Å². The topological polar surface area (TPSA) is 29.0 Å². The Morgan fingerprint density at radius 3 is 3.07 bits per heavy atom. The Bertz CT molecular complexity index is 319. The van der Waals surface area contributed by atoms with Crippen molar-refractivity contribution in [3.8, 4) is 0 Å². The number of rotatable bonds is 2. The zero-order chi connectivity index (χ0) is 9.97. The predicted molar refractivity (Wildman–Crippen MR) is 58.1 cm³/mol. The molecule has 2 rings (SSSR count). The molecule has 5 heteroatoms. The van der Waals surface area contributed by atoms with Crippen molar-refractivity contribution in [1.29, 1.82) is 0 Å². The molecule has 0 aliphatic carbocycles. The maximum atomic E-state index is 6.00. The molecule has 0 bridgehead atoms. The van der Waals surface area contributed by atoms with E-state index in [2.05, 4.69) is 14.9 Å². The predicted octanol–water partition coefficient (Wildman–Crippen LogP) is 2.20. The first-order valence-corrected chi connectivity index (χ1v) is 5.49. The lowest BCUT2D eigenvalue weighted by Gasteiger charge is -2.17. The summed E-state index contributed by atoms with van der Waals surface area (Å²) in [6.07, 6.45) is 4.26. The summed E-state index contributed by atoms with van der Waals surface area (Å²) in [5.74, 6) is 2.09. The Balaban J connectivity index is 2.13. The van der Waals surface area contributed by atoms with Crippen molar-refractivity contribution in [3.63, 3.8) is 0 Å². The zero-order valence-corrected chi connectivity index (χ0v) is 9.17. The van der Waals surface area contributed by atoms with E-state index in [1.54, 1.807) is 6.20 Å². The highest BCUT2D eigenvalue weighted by atomic mass is 35.5. The number of anilines is 1. The largest absolute Gasteiger partial charge is 0.355 e. The van der Waals surface area contributed by atoms with E-state index in [4.69, 9.17) is 23.2 Å². The van der Waals surface area contributed by atoms with Gasteiger partial charge in [-0.1, -0.05) is 11.6 Å². The lowest BCUT2D eigenvalue weighted by atomic mass is 10.2. The highest BCUT2D eigenvalue weighted by molar-refractivity contribution is 6.32. The van der Waals surface area contributed by atoms with E-state index in [1.165, 1.54) is 6.33 Å². The van der Waals surface area contributed by atoms with Crippen molar-refractivity contribution in [3.05, 3.63) is 17.5 Å². The molecule has 0 spiro atoms. The van der Waals surface area contributed by atoms with E-state index >= 15 is 0 Å². The van der Waals surface area contributed by atoms with Crippen molar-refractivity contribution in [2.45, 2.75) is 6.42 Å². The van der Waals surface area contributed by atoms with Crippen LogP contribution in [0.25, 0.3) is 0 Å². The second-order valence-electron chi connectivity index (χ2n) is 3.45. The van der Waals surface area contributed by atoms with Crippen LogP contribution in [0.2, 0.25) is 5.02 Å². The lowest BCUT2D eigenvalue weighted by Crippen LogP contribution is -2.21. The minimum Gasteiger partial charge on any atom is -0.355 e. The summed E-state index contributed by atoms with van der Waals surface area (Å²) in [5.41, 5.74) is 0. The lowest BCUT2D eigenvalue weighted by molar-refractivity contribution is 0.666. The van der Waals surface area contributed by atoms with Crippen LogP contribution in [0, 0.1) is 5.92 Å². The van der Waals surface area contributed by atoms with Gasteiger partial charge in [-0.05, 0) is 12.3 Å². The monoisotopic (exact) mass is 231 g/mol. The molecule has 0 N–H and O–H groups in total. The Morgan fingerprint density at radius 2 is 2.43 bits per heavy atom. The highest BCUT2D eigenvalue weighted by Crippen LogP contribution is 2.27. The Morgan fingerprint density at radius 1 is 1.57 bits per heavy atom. The van der Waals surface area contributed by atoms with Gasteiger partial charge in [0.2, 0.25) is 0 Å². The number of hydrogen-bond acceptors (Lipinski definition) is 3. The van der Waals surface area contributed by atoms with Gasteiger partial charge in [-0.25, -0.2) is 9.97 Å². The van der Waals surface area contributed by atoms with Crippen LogP contribution in [-0.4, -0.2) is 28.9 Å². The fraction of sp³-hybridized carbons (Fsp3) is 0.556. The fourth-order valence-corrected chi connectivity index (χ4v) is 2.17. The summed E-state index contributed by atoms with van der Waals surface area (Å²) in [4.78, 5) is 10.2. The van der Waals surface area contributed by atoms with Gasteiger partial charge in [-0.2, -0.15) is 0 Å². The number of halogens is 2. The molecular weight excluding hydrogens is 221 g/mol. The van der Waals surface area contributed by atoms with Gasteiger partial charge in [0.15, 0.2) is 5.82 Å². The summed E-state index contributed by atoms with van der Waals surface area (Å²) in [7, 11) is 0. The van der Waals surface area contributed by atoms with Crippen LogP contribution >= 0.6 is 23.2 Å². The number of aromatic nitrogens is 2. The maximum absolute atomic E-state index is 6.00. The Kier molecular flexibility index (Phi) is 3.08. The van der Waals surface area contributed by atoms with Crippen molar-refractivity contribution in [1.82, 2.24) is 9.97 Å². The summed E-state index contributed by atoms with van der Waals surface area (Å²) >= 11 is 11.8. The van der Waals surface area contributed by atoms with Gasteiger partial charge in [0, 0.05) is 19.0 Å². The molecule has 0 radical (unpaired) electrons. The summed E-state index contributed by atoms with van der Waals surface area (Å²) in [6.45, 7) is 1.92. The number of hydrogen-bond donors (Lipinski definition) is 0. The molecule has 1 aromatic rings. The minimum absolute atomic E-state index is 0.558. The third kappa shape index (κ3) is 1.93. The normalized spacial score (nSPS) is 21.6. The minimum atomic E-state index is 0.558. The molecular formula is C9H11Cl2N3. The second-order valence-corrected chi connectivity index (χ2v) is 4.17. The molecule has 1 unspecified atom stereocenters. The molecule has 1 atom stereocenters. The first-order valence-electron chi connectivity index (χ1n) is 4.57. The molecule has 1 aliphatic rings. The van der Waals surface area contributed by atoms with E-state index in [-0.39, 0.29) is 0 Å². The van der Waals surface area contributed by atoms with E-state index in [0.717, 1.165) is 25.3 Å². The average molecular weight is 232 g/mol. The smallest absolute Gasteiger partial charge is 0.150 e. The molecule has 0 saturated carbocycles. The van der Waals surface area contributed by atoms with E-state index in [1.807, 2.05) is 0 Å². The van der Waals surface area contributed by atoms with Crippen molar-refractivity contribution >= 4 is 29.0 Å². The van der Waals surface area contributed by atoms with Gasteiger partial charge in [0.25, 0.3) is 0 Å². The van der Waals surface area contributed by atoms with E-state index in [0.29, 0.717) is 16.8 Å². The zero-order valence-electron chi connectivity index (χ0n) is 7.66. The number of alkyl halides is 1. The van der Waals surface area contributed by atoms with Crippen LogP contribution in [0.3, 0.4) is 0 Å². The van der Waals surface area contributed by atoms with Gasteiger partial charge < -0.3 is 4.90 Å². The maximum Gasteiger partial charge on any atom is 0.150 e. The molecule has 0 aromatic carbocycles. The van der Waals surface area contributed by atoms with Crippen LogP contribution < -0.4 is 4.90 Å². The van der Waals surface area contributed by atoms with E-state index in [9.17, 15) is 0 Å². The molecule has 0 amide bonds. The molecule has 3 nitrogen and oxygen atoms in total. The van der Waals surface area contributed by atoms with Crippen LogP contribution in [-0.2, 0) is 0 Å². The molecule has 76 valence electrons. The van der Waals surface area contributed by atoms with Gasteiger partial charge in [-0.15, -0.1) is 11.6 Å². The number of nitrogens with zero attached hydrogens (tertiary/aromatic N) is 3. The van der Waals surface area contributed by atoms with Crippen LogP contribution in [0.1, 0.15) is 6.42 Å². The quantitative estimate of drug-likeness (QED) is 0.732. The summed E-state index contributed by atoms with van der Waals surface area (Å²) < 4.78 is 0. The third-order valence-corrected chi connectivity index (χ3v) is 3.15.